The molecule has 0 spiro atoms. The van der Waals surface area contributed by atoms with Crippen LogP contribution in [0.25, 0.3) is 10.9 Å². The number of carboxylic acid groups (broad SMARTS) is 1. The van der Waals surface area contributed by atoms with Gasteiger partial charge in [-0.25, -0.2) is 0 Å². The fraction of sp³-hybridized carbons (Fsp3) is 0.125. The number of fused-ring (bicyclic) bond motifs is 1. The van der Waals surface area contributed by atoms with Crippen LogP contribution in [0.2, 0.25) is 0 Å². The highest BCUT2D eigenvalue weighted by molar-refractivity contribution is 5.89. The molecule has 0 saturated heterocycles. The first-order chi connectivity index (χ1) is 10.3. The number of nitrogens with one attached hydrogen (secondary N) is 2. The van der Waals surface area contributed by atoms with Gasteiger partial charge in [0.05, 0.1) is 5.69 Å². The van der Waals surface area contributed by atoms with Crippen LogP contribution in [0.4, 0.5) is 0 Å². The molecule has 21 heavy (non-hydrogen) atoms. The van der Waals surface area contributed by atoms with Crippen molar-refractivity contribution in [3.8, 4) is 0 Å². The maximum absolute atomic E-state index is 11.6. The first kappa shape index (κ1) is 13.3. The summed E-state index contributed by atoms with van der Waals surface area (Å²) in [5.74, 6) is -0.907. The van der Waals surface area contributed by atoms with E-state index in [1.165, 1.54) is 0 Å². The highest BCUT2D eigenvalue weighted by Gasteiger charge is 2.22. The number of aromatic nitrogens is 2. The largest absolute Gasteiger partial charge is 0.480 e. The molecule has 1 aromatic carbocycles. The molecule has 2 aromatic heterocycles. The number of hydrogen-bond acceptors (Lipinski definition) is 3. The molecule has 3 aromatic rings. The topological polar surface area (TPSA) is 78.0 Å². The molecule has 1 unspecified atom stereocenters. The second-order valence-corrected chi connectivity index (χ2v) is 4.76. The first-order valence-corrected chi connectivity index (χ1v) is 6.68. The summed E-state index contributed by atoms with van der Waals surface area (Å²) in [6.07, 6.45) is 3.44. The number of carbonyl (C=O) groups is 1. The van der Waals surface area contributed by atoms with Crippen molar-refractivity contribution in [1.29, 1.82) is 0 Å². The van der Waals surface area contributed by atoms with E-state index < -0.39 is 12.0 Å². The molecule has 5 heteroatoms. The third-order valence-electron chi connectivity index (χ3n) is 3.39. The zero-order valence-corrected chi connectivity index (χ0v) is 11.3. The predicted molar refractivity (Wildman–Crippen MR) is 79.8 cm³/mol. The third-order valence-corrected chi connectivity index (χ3v) is 3.39. The van der Waals surface area contributed by atoms with Crippen molar-refractivity contribution in [2.75, 3.05) is 0 Å². The number of pyridine rings is 1. The van der Waals surface area contributed by atoms with Gasteiger partial charge >= 0.3 is 5.97 Å². The zero-order valence-electron chi connectivity index (χ0n) is 11.3. The van der Waals surface area contributed by atoms with E-state index >= 15 is 0 Å². The maximum atomic E-state index is 11.6. The van der Waals surface area contributed by atoms with E-state index in [1.54, 1.807) is 12.4 Å². The Morgan fingerprint density at radius 3 is 2.81 bits per heavy atom. The number of rotatable bonds is 5. The summed E-state index contributed by atoms with van der Waals surface area (Å²) in [4.78, 5) is 18.9. The smallest absolute Gasteiger partial charge is 0.325 e. The molecule has 0 fully saturated rings. The van der Waals surface area contributed by atoms with Crippen molar-refractivity contribution in [3.63, 3.8) is 0 Å². The Bertz CT molecular complexity index is 752. The lowest BCUT2D eigenvalue weighted by atomic mass is 10.1. The van der Waals surface area contributed by atoms with Crippen molar-refractivity contribution in [3.05, 3.63) is 66.1 Å². The molecular formula is C16H15N3O2. The summed E-state index contributed by atoms with van der Waals surface area (Å²) in [6.45, 7) is 0.400. The van der Waals surface area contributed by atoms with E-state index in [-0.39, 0.29) is 0 Å². The Morgan fingerprint density at radius 2 is 2.05 bits per heavy atom. The van der Waals surface area contributed by atoms with Gasteiger partial charge in [-0.3, -0.25) is 15.1 Å². The molecule has 0 bridgehead atoms. The van der Waals surface area contributed by atoms with Crippen LogP contribution in [-0.2, 0) is 11.3 Å². The Morgan fingerprint density at radius 1 is 1.24 bits per heavy atom. The molecule has 0 aliphatic heterocycles. The van der Waals surface area contributed by atoms with E-state index in [1.807, 2.05) is 42.5 Å². The van der Waals surface area contributed by atoms with Gasteiger partial charge in [0, 0.05) is 35.4 Å². The van der Waals surface area contributed by atoms with Crippen LogP contribution in [-0.4, -0.2) is 21.0 Å². The van der Waals surface area contributed by atoms with Gasteiger partial charge in [-0.15, -0.1) is 0 Å². The number of hydrogen-bond donors (Lipinski definition) is 3. The zero-order chi connectivity index (χ0) is 14.7. The number of para-hydroxylation sites is 1. The summed E-state index contributed by atoms with van der Waals surface area (Å²) in [5, 5.41) is 13.4. The van der Waals surface area contributed by atoms with E-state index in [0.29, 0.717) is 6.54 Å². The lowest BCUT2D eigenvalue weighted by molar-refractivity contribution is -0.139. The van der Waals surface area contributed by atoms with E-state index in [4.69, 9.17) is 0 Å². The molecule has 0 radical (unpaired) electrons. The van der Waals surface area contributed by atoms with Crippen molar-refractivity contribution in [2.45, 2.75) is 12.6 Å². The average Bonchev–Trinajstić information content (AvgIpc) is 2.92. The molecule has 3 N–H and O–H groups in total. The summed E-state index contributed by atoms with van der Waals surface area (Å²) in [5.41, 5.74) is 2.47. The molecule has 1 atom stereocenters. The number of H-pyrrole nitrogens is 1. The van der Waals surface area contributed by atoms with Crippen LogP contribution in [0.1, 0.15) is 17.3 Å². The number of carboxylic acids is 1. The minimum Gasteiger partial charge on any atom is -0.480 e. The normalized spacial score (nSPS) is 12.4. The fourth-order valence-electron chi connectivity index (χ4n) is 2.37. The second-order valence-electron chi connectivity index (χ2n) is 4.76. The summed E-state index contributed by atoms with van der Waals surface area (Å²) in [7, 11) is 0. The highest BCUT2D eigenvalue weighted by Crippen LogP contribution is 2.24. The molecule has 0 amide bonds. The average molecular weight is 281 g/mol. The fourth-order valence-corrected chi connectivity index (χ4v) is 2.37. The summed E-state index contributed by atoms with van der Waals surface area (Å²) in [6, 6.07) is 12.5. The first-order valence-electron chi connectivity index (χ1n) is 6.68. The lowest BCUT2D eigenvalue weighted by Gasteiger charge is -2.13. The Labute approximate surface area is 121 Å². The molecule has 2 heterocycles. The molecular weight excluding hydrogens is 266 g/mol. The number of aliphatic carboxylic acids is 1. The van der Waals surface area contributed by atoms with E-state index in [0.717, 1.165) is 22.2 Å². The van der Waals surface area contributed by atoms with Crippen molar-refractivity contribution in [2.24, 2.45) is 0 Å². The third kappa shape index (κ3) is 2.78. The number of benzene rings is 1. The van der Waals surface area contributed by atoms with Gasteiger partial charge in [0.15, 0.2) is 0 Å². The van der Waals surface area contributed by atoms with Crippen LogP contribution < -0.4 is 5.32 Å². The van der Waals surface area contributed by atoms with Gasteiger partial charge in [0.25, 0.3) is 0 Å². The van der Waals surface area contributed by atoms with Crippen molar-refractivity contribution < 1.29 is 9.90 Å². The highest BCUT2D eigenvalue weighted by atomic mass is 16.4. The monoisotopic (exact) mass is 281 g/mol. The minimum absolute atomic E-state index is 0.400. The van der Waals surface area contributed by atoms with Gasteiger partial charge in [0.2, 0.25) is 0 Å². The summed E-state index contributed by atoms with van der Waals surface area (Å²) >= 11 is 0. The SMILES string of the molecule is O=C(O)C(NCc1ccccn1)c1c[nH]c2ccccc12. The van der Waals surface area contributed by atoms with Crippen LogP contribution in [0, 0.1) is 0 Å². The Balaban J connectivity index is 1.86. The van der Waals surface area contributed by atoms with Gasteiger partial charge in [-0.2, -0.15) is 0 Å². The molecule has 0 saturated carbocycles. The van der Waals surface area contributed by atoms with Gasteiger partial charge in [-0.1, -0.05) is 24.3 Å². The maximum Gasteiger partial charge on any atom is 0.325 e. The molecule has 5 nitrogen and oxygen atoms in total. The molecule has 106 valence electrons. The lowest BCUT2D eigenvalue weighted by Crippen LogP contribution is -2.28. The van der Waals surface area contributed by atoms with Gasteiger partial charge < -0.3 is 10.1 Å². The van der Waals surface area contributed by atoms with Crippen LogP contribution >= 0.6 is 0 Å². The van der Waals surface area contributed by atoms with Gasteiger partial charge in [0.1, 0.15) is 6.04 Å². The van der Waals surface area contributed by atoms with E-state index in [2.05, 4.69) is 15.3 Å². The quantitative estimate of drug-likeness (QED) is 0.671. The predicted octanol–water partition coefficient (Wildman–Crippen LogP) is 2.48. The Kier molecular flexibility index (Phi) is 3.66. The van der Waals surface area contributed by atoms with Crippen LogP contribution in [0.15, 0.2) is 54.9 Å². The van der Waals surface area contributed by atoms with Crippen molar-refractivity contribution in [1.82, 2.24) is 15.3 Å². The second kappa shape index (κ2) is 5.76. The van der Waals surface area contributed by atoms with Crippen molar-refractivity contribution >= 4 is 16.9 Å². The van der Waals surface area contributed by atoms with Gasteiger partial charge in [-0.05, 0) is 18.2 Å². The van der Waals surface area contributed by atoms with Crippen LogP contribution in [0.3, 0.4) is 0 Å². The van der Waals surface area contributed by atoms with E-state index in [9.17, 15) is 9.90 Å². The summed E-state index contributed by atoms with van der Waals surface area (Å²) < 4.78 is 0. The number of nitrogens with zero attached hydrogens (tertiary/aromatic N) is 1. The minimum atomic E-state index is -0.907. The molecule has 0 aliphatic carbocycles. The van der Waals surface area contributed by atoms with Crippen LogP contribution in [0.5, 0.6) is 0 Å². The number of aromatic amines is 1. The molecule has 0 aliphatic rings. The standard InChI is InChI=1S/C16H15N3O2/c20-16(21)15(19-9-11-5-3-4-8-17-11)13-10-18-14-7-2-1-6-12(13)14/h1-8,10,15,18-19H,9H2,(H,20,21). The molecule has 3 rings (SSSR count). The Hall–Kier alpha value is -2.66.